The lowest BCUT2D eigenvalue weighted by Crippen LogP contribution is -2.61. The van der Waals surface area contributed by atoms with Gasteiger partial charge in [0.15, 0.2) is 0 Å². The molecule has 1 saturated heterocycles. The van der Waals surface area contributed by atoms with Gasteiger partial charge in [0.1, 0.15) is 11.6 Å². The number of nitrogens with one attached hydrogen (secondary N) is 1. The van der Waals surface area contributed by atoms with Crippen LogP contribution in [0.15, 0.2) is 67.1 Å². The molecule has 1 fully saturated rings. The molecule has 3 aromatic rings. The van der Waals surface area contributed by atoms with Crippen LogP contribution in [0.25, 0.3) is 0 Å². The van der Waals surface area contributed by atoms with Crippen molar-refractivity contribution in [1.82, 2.24) is 15.3 Å². The first-order chi connectivity index (χ1) is 15.7. The van der Waals surface area contributed by atoms with Gasteiger partial charge in [0, 0.05) is 50.3 Å². The number of piperazine rings is 1. The van der Waals surface area contributed by atoms with Crippen LogP contribution in [0.1, 0.15) is 11.1 Å². The van der Waals surface area contributed by atoms with E-state index in [-0.39, 0.29) is 17.9 Å². The first-order valence-corrected chi connectivity index (χ1v) is 11.0. The summed E-state index contributed by atoms with van der Waals surface area (Å²) in [6.07, 6.45) is 5.89. The summed E-state index contributed by atoms with van der Waals surface area (Å²) in [7, 11) is 1.69. The van der Waals surface area contributed by atoms with Crippen LogP contribution in [0.3, 0.4) is 0 Å². The number of amides is 1. The van der Waals surface area contributed by atoms with E-state index in [9.17, 15) is 4.79 Å². The second kappa shape index (κ2) is 8.86. The molecule has 32 heavy (non-hydrogen) atoms. The molecule has 1 amide bonds. The van der Waals surface area contributed by atoms with Gasteiger partial charge in [0.25, 0.3) is 0 Å². The third kappa shape index (κ3) is 3.98. The maximum absolute atomic E-state index is 13.4. The number of fused-ring (bicyclic) bond motifs is 3. The summed E-state index contributed by atoms with van der Waals surface area (Å²) in [4.78, 5) is 26.7. The zero-order valence-corrected chi connectivity index (χ0v) is 18.1. The normalized spacial score (nSPS) is 19.7. The summed E-state index contributed by atoms with van der Waals surface area (Å²) in [5.41, 5.74) is 3.46. The van der Waals surface area contributed by atoms with Gasteiger partial charge >= 0.3 is 0 Å². The lowest BCUT2D eigenvalue weighted by atomic mass is 9.83. The number of nitrogens with zero attached hydrogens (tertiary/aromatic N) is 4. The number of anilines is 2. The second-order valence-corrected chi connectivity index (χ2v) is 8.28. The molecule has 1 N–H and O–H groups in total. The van der Waals surface area contributed by atoms with E-state index in [1.165, 1.54) is 11.3 Å². The largest absolute Gasteiger partial charge is 0.497 e. The van der Waals surface area contributed by atoms with Crippen molar-refractivity contribution < 1.29 is 9.53 Å². The molecule has 2 aromatic carbocycles. The van der Waals surface area contributed by atoms with E-state index >= 15 is 0 Å². The number of methoxy groups -OCH3 is 1. The maximum atomic E-state index is 13.4. The van der Waals surface area contributed by atoms with Gasteiger partial charge in [-0.2, -0.15) is 0 Å². The van der Waals surface area contributed by atoms with Crippen molar-refractivity contribution in [3.63, 3.8) is 0 Å². The zero-order chi connectivity index (χ0) is 21.9. The molecule has 7 heteroatoms. The molecule has 0 saturated carbocycles. The Morgan fingerprint density at radius 3 is 2.81 bits per heavy atom. The number of hydrogen-bond acceptors (Lipinski definition) is 6. The maximum Gasteiger partial charge on any atom is 0.225 e. The Labute approximate surface area is 188 Å². The molecule has 164 valence electrons. The highest BCUT2D eigenvalue weighted by Crippen LogP contribution is 2.38. The number of carbonyl (C=O) groups is 1. The van der Waals surface area contributed by atoms with Crippen LogP contribution < -0.4 is 19.9 Å². The minimum absolute atomic E-state index is 0.0427. The molecule has 0 bridgehead atoms. The summed E-state index contributed by atoms with van der Waals surface area (Å²) in [6, 6.07) is 16.3. The Morgan fingerprint density at radius 2 is 2.03 bits per heavy atom. The van der Waals surface area contributed by atoms with Gasteiger partial charge < -0.3 is 19.9 Å². The Hall–Kier alpha value is -3.61. The monoisotopic (exact) mass is 429 g/mol. The Morgan fingerprint density at radius 1 is 1.16 bits per heavy atom. The fourth-order valence-electron chi connectivity index (χ4n) is 4.78. The molecule has 0 radical (unpaired) electrons. The zero-order valence-electron chi connectivity index (χ0n) is 18.1. The summed E-state index contributed by atoms with van der Waals surface area (Å²) in [6.45, 7) is 2.89. The third-order valence-corrected chi connectivity index (χ3v) is 6.44. The summed E-state index contributed by atoms with van der Waals surface area (Å²) < 4.78 is 5.48. The minimum Gasteiger partial charge on any atom is -0.497 e. The van der Waals surface area contributed by atoms with Gasteiger partial charge in [-0.15, -0.1) is 0 Å². The van der Waals surface area contributed by atoms with Crippen molar-refractivity contribution in [3.8, 4) is 5.75 Å². The summed E-state index contributed by atoms with van der Waals surface area (Å²) in [5, 5.41) is 3.17. The van der Waals surface area contributed by atoms with Crippen LogP contribution in [0.2, 0.25) is 0 Å². The Balaban J connectivity index is 1.42. The topological polar surface area (TPSA) is 70.6 Å². The number of benzene rings is 2. The second-order valence-electron chi connectivity index (χ2n) is 8.28. The van der Waals surface area contributed by atoms with Gasteiger partial charge in [-0.3, -0.25) is 9.78 Å². The molecule has 1 aromatic heterocycles. The first-order valence-electron chi connectivity index (χ1n) is 11.0. The van der Waals surface area contributed by atoms with E-state index in [1.807, 2.05) is 36.4 Å². The summed E-state index contributed by atoms with van der Waals surface area (Å²) in [5.74, 6) is 1.63. The highest BCUT2D eigenvalue weighted by Gasteiger charge is 2.42. The number of rotatable bonds is 5. The number of carbonyl (C=O) groups excluding carboxylic acids is 1. The third-order valence-electron chi connectivity index (χ3n) is 6.44. The van der Waals surface area contributed by atoms with Crippen LogP contribution in [0, 0.1) is 5.92 Å². The number of hydrogen-bond donors (Lipinski definition) is 1. The standard InChI is InChI=1S/C25H27N5O2/c1-32-20-8-7-19-13-21(25(31)28-15-18-5-3-2-4-6-18)23-17-29(24-16-26-9-10-27-24)11-12-30(23)22(19)14-20/h2-10,14,16,21,23H,11-13,15,17H2,1H3,(H,28,31)/t21-,23-/m1/s1. The quantitative estimate of drug-likeness (QED) is 0.673. The molecule has 7 nitrogen and oxygen atoms in total. The molecule has 5 rings (SSSR count). The molecule has 2 aliphatic rings. The Kier molecular flexibility index (Phi) is 5.62. The predicted octanol–water partition coefficient (Wildman–Crippen LogP) is 2.67. The van der Waals surface area contributed by atoms with E-state index in [0.29, 0.717) is 13.0 Å². The lowest BCUT2D eigenvalue weighted by Gasteiger charge is -2.49. The smallest absolute Gasteiger partial charge is 0.225 e. The fraction of sp³-hybridized carbons (Fsp3) is 0.320. The van der Waals surface area contributed by atoms with Gasteiger partial charge in [-0.1, -0.05) is 36.4 Å². The van der Waals surface area contributed by atoms with E-state index in [4.69, 9.17) is 4.74 Å². The molecule has 0 spiro atoms. The van der Waals surface area contributed by atoms with Crippen LogP contribution in [0.5, 0.6) is 5.75 Å². The van der Waals surface area contributed by atoms with Gasteiger partial charge in [0.2, 0.25) is 5.91 Å². The molecular formula is C25H27N5O2. The van der Waals surface area contributed by atoms with Crippen LogP contribution in [-0.4, -0.2) is 48.7 Å². The minimum atomic E-state index is -0.154. The van der Waals surface area contributed by atoms with Crippen molar-refractivity contribution in [1.29, 1.82) is 0 Å². The van der Waals surface area contributed by atoms with Crippen LogP contribution >= 0.6 is 0 Å². The van der Waals surface area contributed by atoms with Gasteiger partial charge in [0.05, 0.1) is 25.3 Å². The predicted molar refractivity (Wildman–Crippen MR) is 124 cm³/mol. The number of aromatic nitrogens is 2. The molecule has 2 aliphatic heterocycles. The van der Waals surface area contributed by atoms with Crippen molar-refractivity contribution >= 4 is 17.4 Å². The van der Waals surface area contributed by atoms with Crippen LogP contribution in [0.4, 0.5) is 11.5 Å². The molecule has 2 atom stereocenters. The van der Waals surface area contributed by atoms with E-state index in [0.717, 1.165) is 36.8 Å². The first kappa shape index (κ1) is 20.3. The average Bonchev–Trinajstić information content (AvgIpc) is 2.87. The molecule has 0 unspecified atom stereocenters. The average molecular weight is 430 g/mol. The van der Waals surface area contributed by atoms with Gasteiger partial charge in [-0.25, -0.2) is 4.98 Å². The number of ether oxygens (including phenoxy) is 1. The Bertz CT molecular complexity index is 1080. The highest BCUT2D eigenvalue weighted by molar-refractivity contribution is 5.82. The van der Waals surface area contributed by atoms with Crippen LogP contribution in [-0.2, 0) is 17.8 Å². The highest BCUT2D eigenvalue weighted by atomic mass is 16.5. The van der Waals surface area contributed by atoms with E-state index < -0.39 is 0 Å². The fourth-order valence-corrected chi connectivity index (χ4v) is 4.78. The van der Waals surface area contributed by atoms with Gasteiger partial charge in [-0.05, 0) is 23.6 Å². The van der Waals surface area contributed by atoms with Crippen molar-refractivity contribution in [3.05, 3.63) is 78.2 Å². The lowest BCUT2D eigenvalue weighted by molar-refractivity contribution is -0.126. The molecule has 3 heterocycles. The van der Waals surface area contributed by atoms with E-state index in [1.54, 1.807) is 25.7 Å². The van der Waals surface area contributed by atoms with Crippen molar-refractivity contribution in [2.75, 3.05) is 36.5 Å². The van der Waals surface area contributed by atoms with E-state index in [2.05, 4.69) is 37.2 Å². The van der Waals surface area contributed by atoms with Crippen molar-refractivity contribution in [2.24, 2.45) is 5.92 Å². The SMILES string of the molecule is COc1ccc2c(c1)N1CCN(c3cnccn3)C[C@@H]1[C@H](C(=O)NCc1ccccc1)C2. The molecule has 0 aliphatic carbocycles. The van der Waals surface area contributed by atoms with Crippen molar-refractivity contribution in [2.45, 2.75) is 19.0 Å². The molecular weight excluding hydrogens is 402 g/mol. The summed E-state index contributed by atoms with van der Waals surface area (Å²) >= 11 is 0.